The molecule has 7 nitrogen and oxygen atoms in total. The molecular formula is C23H20N4O3. The van der Waals surface area contributed by atoms with Gasteiger partial charge in [0, 0.05) is 24.1 Å². The van der Waals surface area contributed by atoms with E-state index in [4.69, 9.17) is 9.47 Å². The van der Waals surface area contributed by atoms with Crippen LogP contribution in [0.4, 0.5) is 0 Å². The quantitative estimate of drug-likeness (QED) is 0.520. The van der Waals surface area contributed by atoms with E-state index >= 15 is 0 Å². The molecule has 5 rings (SSSR count). The Morgan fingerprint density at radius 1 is 1.00 bits per heavy atom. The number of carbonyl (C=O) groups excluding carboxylic acids is 1. The lowest BCUT2D eigenvalue weighted by Crippen LogP contribution is -2.22. The average Bonchev–Trinajstić information content (AvgIpc) is 3.24. The number of methoxy groups -OCH3 is 2. The first kappa shape index (κ1) is 18.3. The SMILES string of the molecule is COc1ccc(-c2nc3ncc4c(n3n2)CC(c2ccccc2OC)CC4=O)cc1. The van der Waals surface area contributed by atoms with Gasteiger partial charge in [-0.25, -0.2) is 4.98 Å². The van der Waals surface area contributed by atoms with E-state index < -0.39 is 0 Å². The van der Waals surface area contributed by atoms with Crippen LogP contribution in [0.2, 0.25) is 0 Å². The first-order valence-corrected chi connectivity index (χ1v) is 9.73. The third-order valence-electron chi connectivity index (χ3n) is 5.56. The zero-order valence-electron chi connectivity index (χ0n) is 16.7. The molecule has 0 amide bonds. The molecule has 2 heterocycles. The van der Waals surface area contributed by atoms with E-state index in [1.807, 2.05) is 48.5 Å². The number of aromatic nitrogens is 4. The standard InChI is InChI=1S/C23H20N4O3/c1-29-16-9-7-14(8-10-16)22-25-23-24-13-18-19(27(23)26-22)11-15(12-20(18)28)17-5-3-4-6-21(17)30-2/h3-10,13,15H,11-12H2,1-2H3. The lowest BCUT2D eigenvalue weighted by molar-refractivity contribution is 0.0961. The molecular weight excluding hydrogens is 380 g/mol. The summed E-state index contributed by atoms with van der Waals surface area (Å²) in [5, 5.41) is 4.68. The van der Waals surface area contributed by atoms with Gasteiger partial charge in [0.05, 0.1) is 25.5 Å². The Labute approximate surface area is 173 Å². The second kappa shape index (κ2) is 7.26. The largest absolute Gasteiger partial charge is 0.497 e. The average molecular weight is 400 g/mol. The van der Waals surface area contributed by atoms with Crippen molar-refractivity contribution < 1.29 is 14.3 Å². The van der Waals surface area contributed by atoms with Crippen molar-refractivity contribution in [3.8, 4) is 22.9 Å². The van der Waals surface area contributed by atoms with Crippen LogP contribution in [0, 0.1) is 0 Å². The number of rotatable bonds is 4. The summed E-state index contributed by atoms with van der Waals surface area (Å²) in [5.41, 5.74) is 3.33. The number of benzene rings is 2. The fraction of sp³-hybridized carbons (Fsp3) is 0.217. The van der Waals surface area contributed by atoms with Gasteiger partial charge in [-0.2, -0.15) is 9.50 Å². The summed E-state index contributed by atoms with van der Waals surface area (Å²) in [4.78, 5) is 21.8. The number of Topliss-reactive ketones (excluding diaryl/α,β-unsaturated/α-hetero) is 1. The number of ketones is 1. The topological polar surface area (TPSA) is 78.6 Å². The minimum absolute atomic E-state index is 0.0142. The second-order valence-corrected chi connectivity index (χ2v) is 7.26. The van der Waals surface area contributed by atoms with E-state index in [9.17, 15) is 4.79 Å². The van der Waals surface area contributed by atoms with Crippen molar-refractivity contribution in [3.63, 3.8) is 0 Å². The molecule has 0 N–H and O–H groups in total. The fourth-order valence-corrected chi connectivity index (χ4v) is 4.03. The smallest absolute Gasteiger partial charge is 0.252 e. The Hall–Kier alpha value is -3.74. The van der Waals surface area contributed by atoms with Crippen LogP contribution in [0.1, 0.15) is 34.0 Å². The molecule has 1 atom stereocenters. The predicted octanol–water partition coefficient (Wildman–Crippen LogP) is 3.72. The van der Waals surface area contributed by atoms with Gasteiger partial charge in [-0.3, -0.25) is 4.79 Å². The number of hydrogen-bond donors (Lipinski definition) is 0. The molecule has 0 aliphatic heterocycles. The first-order chi connectivity index (χ1) is 14.7. The molecule has 2 aromatic carbocycles. The van der Waals surface area contributed by atoms with E-state index in [1.165, 1.54) is 0 Å². The van der Waals surface area contributed by atoms with Crippen molar-refractivity contribution >= 4 is 11.6 Å². The summed E-state index contributed by atoms with van der Waals surface area (Å²) < 4.78 is 12.4. The molecule has 1 aliphatic carbocycles. The van der Waals surface area contributed by atoms with Crippen LogP contribution in [-0.2, 0) is 6.42 Å². The number of fused-ring (bicyclic) bond motifs is 3. The van der Waals surface area contributed by atoms with Gasteiger partial charge in [0.1, 0.15) is 11.5 Å². The summed E-state index contributed by atoms with van der Waals surface area (Å²) in [6.45, 7) is 0. The molecule has 4 aromatic rings. The van der Waals surface area contributed by atoms with Crippen LogP contribution < -0.4 is 9.47 Å². The van der Waals surface area contributed by atoms with Gasteiger partial charge in [-0.1, -0.05) is 18.2 Å². The molecule has 150 valence electrons. The van der Waals surface area contributed by atoms with Gasteiger partial charge in [-0.05, 0) is 42.3 Å². The Bertz CT molecular complexity index is 1250. The summed E-state index contributed by atoms with van der Waals surface area (Å²) in [7, 11) is 3.28. The number of hydrogen-bond acceptors (Lipinski definition) is 6. The highest BCUT2D eigenvalue weighted by molar-refractivity contribution is 5.98. The van der Waals surface area contributed by atoms with Crippen molar-refractivity contribution in [2.45, 2.75) is 18.8 Å². The lowest BCUT2D eigenvalue weighted by atomic mass is 9.82. The maximum Gasteiger partial charge on any atom is 0.252 e. The van der Waals surface area contributed by atoms with Crippen LogP contribution in [0.15, 0.2) is 54.7 Å². The predicted molar refractivity (Wildman–Crippen MR) is 111 cm³/mol. The third-order valence-corrected chi connectivity index (χ3v) is 5.56. The van der Waals surface area contributed by atoms with E-state index in [1.54, 1.807) is 24.9 Å². The van der Waals surface area contributed by atoms with Crippen molar-refractivity contribution in [1.29, 1.82) is 0 Å². The molecule has 0 spiro atoms. The molecule has 0 saturated heterocycles. The van der Waals surface area contributed by atoms with Crippen LogP contribution in [0.25, 0.3) is 17.2 Å². The van der Waals surface area contributed by atoms with Crippen molar-refractivity contribution in [2.75, 3.05) is 14.2 Å². The van der Waals surface area contributed by atoms with E-state index in [-0.39, 0.29) is 11.7 Å². The summed E-state index contributed by atoms with van der Waals surface area (Å²) in [6, 6.07) is 15.4. The molecule has 1 aliphatic rings. The highest BCUT2D eigenvalue weighted by atomic mass is 16.5. The van der Waals surface area contributed by atoms with Gasteiger partial charge >= 0.3 is 0 Å². The molecule has 1 unspecified atom stereocenters. The van der Waals surface area contributed by atoms with Gasteiger partial charge in [0.25, 0.3) is 5.78 Å². The van der Waals surface area contributed by atoms with Crippen molar-refractivity contribution in [1.82, 2.24) is 19.6 Å². The highest BCUT2D eigenvalue weighted by Gasteiger charge is 2.31. The number of carbonyl (C=O) groups is 1. The van der Waals surface area contributed by atoms with E-state index in [0.717, 1.165) is 28.3 Å². The van der Waals surface area contributed by atoms with Crippen LogP contribution >= 0.6 is 0 Å². The van der Waals surface area contributed by atoms with Crippen LogP contribution in [0.3, 0.4) is 0 Å². The molecule has 2 aromatic heterocycles. The van der Waals surface area contributed by atoms with E-state index in [2.05, 4.69) is 15.1 Å². The maximum atomic E-state index is 12.9. The molecule has 0 saturated carbocycles. The van der Waals surface area contributed by atoms with Crippen molar-refractivity contribution in [3.05, 3.63) is 71.5 Å². The number of para-hydroxylation sites is 1. The lowest BCUT2D eigenvalue weighted by Gasteiger charge is -2.25. The van der Waals surface area contributed by atoms with Gasteiger partial charge in [0.2, 0.25) is 0 Å². The normalized spacial score (nSPS) is 15.8. The van der Waals surface area contributed by atoms with Gasteiger partial charge in [0.15, 0.2) is 11.6 Å². The summed E-state index contributed by atoms with van der Waals surface area (Å²) >= 11 is 0. The van der Waals surface area contributed by atoms with Gasteiger partial charge in [-0.15, -0.1) is 5.10 Å². The van der Waals surface area contributed by atoms with Crippen LogP contribution in [0.5, 0.6) is 11.5 Å². The summed E-state index contributed by atoms with van der Waals surface area (Å²) in [5.74, 6) is 2.67. The van der Waals surface area contributed by atoms with Gasteiger partial charge < -0.3 is 9.47 Å². The molecule has 0 radical (unpaired) electrons. The molecule has 0 fully saturated rings. The third kappa shape index (κ3) is 2.99. The van der Waals surface area contributed by atoms with Crippen molar-refractivity contribution in [2.24, 2.45) is 0 Å². The minimum atomic E-state index is 0.0142. The van der Waals surface area contributed by atoms with Crippen LogP contribution in [-0.4, -0.2) is 39.6 Å². The Morgan fingerprint density at radius 3 is 2.57 bits per heavy atom. The fourth-order valence-electron chi connectivity index (χ4n) is 4.03. The summed E-state index contributed by atoms with van der Waals surface area (Å²) in [6.07, 6.45) is 2.70. The Kier molecular flexibility index (Phi) is 4.43. The van der Waals surface area contributed by atoms with E-state index in [0.29, 0.717) is 30.0 Å². The molecule has 30 heavy (non-hydrogen) atoms. The monoisotopic (exact) mass is 400 g/mol. The Balaban J connectivity index is 1.58. The first-order valence-electron chi connectivity index (χ1n) is 9.73. The molecule has 0 bridgehead atoms. The highest BCUT2D eigenvalue weighted by Crippen LogP contribution is 2.37. The number of nitrogens with zero attached hydrogens (tertiary/aromatic N) is 4. The molecule has 7 heteroatoms. The zero-order valence-corrected chi connectivity index (χ0v) is 16.7. The maximum absolute atomic E-state index is 12.9. The number of ether oxygens (including phenoxy) is 2. The second-order valence-electron chi connectivity index (χ2n) is 7.26. The Morgan fingerprint density at radius 2 is 1.80 bits per heavy atom. The zero-order chi connectivity index (χ0) is 20.7. The minimum Gasteiger partial charge on any atom is -0.497 e.